The van der Waals surface area contributed by atoms with E-state index in [2.05, 4.69) is 11.8 Å². The van der Waals surface area contributed by atoms with Gasteiger partial charge >= 0.3 is 0 Å². The van der Waals surface area contributed by atoms with E-state index in [0.29, 0.717) is 13.2 Å². The molecule has 114 valence electrons. The quantitative estimate of drug-likeness (QED) is 0.608. The molecule has 0 heterocycles. The fourth-order valence-corrected chi connectivity index (χ4v) is 1.89. The van der Waals surface area contributed by atoms with Gasteiger partial charge in [0, 0.05) is 20.2 Å². The van der Waals surface area contributed by atoms with Crippen LogP contribution >= 0.6 is 0 Å². The Kier molecular flexibility index (Phi) is 10.8. The Morgan fingerprint density at radius 2 is 1.89 bits per heavy atom. The monoisotopic (exact) mass is 273 g/mol. The highest BCUT2D eigenvalue weighted by molar-refractivity contribution is 5.81. The molecular weight excluding hydrogens is 242 g/mol. The first-order valence-corrected chi connectivity index (χ1v) is 7.21. The molecule has 0 aromatic carbocycles. The summed E-state index contributed by atoms with van der Waals surface area (Å²) < 4.78 is 5.07. The fourth-order valence-electron chi connectivity index (χ4n) is 1.89. The number of unbranched alkanes of at least 4 members (excludes halogenated alkanes) is 1. The van der Waals surface area contributed by atoms with Crippen LogP contribution < -0.4 is 5.73 Å². The summed E-state index contributed by atoms with van der Waals surface area (Å²) in [5, 5.41) is 0. The number of carbonyl (C=O) groups excluding carboxylic acids is 1. The third-order valence-electron chi connectivity index (χ3n) is 3.10. The first kappa shape index (κ1) is 18.4. The number of amides is 1. The van der Waals surface area contributed by atoms with Crippen molar-refractivity contribution in [2.75, 3.05) is 47.4 Å². The highest BCUT2D eigenvalue weighted by Gasteiger charge is 2.19. The molecule has 0 rings (SSSR count). The minimum absolute atomic E-state index is 0.0595. The van der Waals surface area contributed by atoms with Crippen LogP contribution in [0.25, 0.3) is 0 Å². The van der Waals surface area contributed by atoms with Gasteiger partial charge in [0.2, 0.25) is 5.91 Å². The summed E-state index contributed by atoms with van der Waals surface area (Å²) >= 11 is 0. The average molecular weight is 273 g/mol. The number of carbonyl (C=O) groups is 1. The lowest BCUT2D eigenvalue weighted by Crippen LogP contribution is -2.45. The van der Waals surface area contributed by atoms with Crippen LogP contribution in [-0.2, 0) is 9.53 Å². The summed E-state index contributed by atoms with van der Waals surface area (Å²) in [5.41, 5.74) is 5.97. The SMILES string of the molecule is CCCCC(N)C(=O)N(CCCN(C)C)CCOC. The van der Waals surface area contributed by atoms with E-state index < -0.39 is 0 Å². The second-order valence-electron chi connectivity index (χ2n) is 5.22. The van der Waals surface area contributed by atoms with E-state index in [9.17, 15) is 4.79 Å². The van der Waals surface area contributed by atoms with Gasteiger partial charge in [-0.25, -0.2) is 0 Å². The van der Waals surface area contributed by atoms with Crippen molar-refractivity contribution in [2.24, 2.45) is 5.73 Å². The standard InChI is InChI=1S/C14H31N3O2/c1-5-6-8-13(15)14(18)17(11-12-19-4)10-7-9-16(2)3/h13H,5-12,15H2,1-4H3. The Labute approximate surface area is 118 Å². The van der Waals surface area contributed by atoms with Crippen LogP contribution in [0.2, 0.25) is 0 Å². The third-order valence-corrected chi connectivity index (χ3v) is 3.10. The minimum atomic E-state index is -0.365. The molecule has 0 radical (unpaired) electrons. The number of rotatable bonds is 11. The molecule has 0 aromatic rings. The summed E-state index contributed by atoms with van der Waals surface area (Å²) in [6.45, 7) is 5.02. The van der Waals surface area contributed by atoms with E-state index in [-0.39, 0.29) is 11.9 Å². The van der Waals surface area contributed by atoms with Gasteiger partial charge in [0.15, 0.2) is 0 Å². The van der Waals surface area contributed by atoms with E-state index in [1.165, 1.54) is 0 Å². The Morgan fingerprint density at radius 1 is 1.21 bits per heavy atom. The van der Waals surface area contributed by atoms with Gasteiger partial charge in [-0.3, -0.25) is 4.79 Å². The van der Waals surface area contributed by atoms with Crippen LogP contribution in [0, 0.1) is 0 Å². The zero-order chi connectivity index (χ0) is 14.7. The number of nitrogens with zero attached hydrogens (tertiary/aromatic N) is 2. The number of methoxy groups -OCH3 is 1. The zero-order valence-electron chi connectivity index (χ0n) is 13.0. The fraction of sp³-hybridized carbons (Fsp3) is 0.929. The lowest BCUT2D eigenvalue weighted by atomic mass is 10.1. The highest BCUT2D eigenvalue weighted by Crippen LogP contribution is 2.04. The molecule has 2 N–H and O–H groups in total. The molecule has 0 aliphatic carbocycles. The second-order valence-corrected chi connectivity index (χ2v) is 5.22. The smallest absolute Gasteiger partial charge is 0.239 e. The van der Waals surface area contributed by atoms with E-state index >= 15 is 0 Å². The molecule has 0 aliphatic heterocycles. The molecule has 1 unspecified atom stereocenters. The predicted molar refractivity (Wildman–Crippen MR) is 79.1 cm³/mol. The van der Waals surface area contributed by atoms with Crippen molar-refractivity contribution in [3.05, 3.63) is 0 Å². The maximum Gasteiger partial charge on any atom is 0.239 e. The normalized spacial score (nSPS) is 12.7. The summed E-state index contributed by atoms with van der Waals surface area (Å²) in [4.78, 5) is 16.2. The molecule has 0 spiro atoms. The van der Waals surface area contributed by atoms with Gasteiger partial charge in [-0.05, 0) is 33.5 Å². The lowest BCUT2D eigenvalue weighted by molar-refractivity contribution is -0.133. The van der Waals surface area contributed by atoms with Crippen LogP contribution in [0.3, 0.4) is 0 Å². The van der Waals surface area contributed by atoms with Crippen LogP contribution in [0.5, 0.6) is 0 Å². The maximum absolute atomic E-state index is 12.3. The molecule has 0 saturated carbocycles. The van der Waals surface area contributed by atoms with Gasteiger partial charge in [0.25, 0.3) is 0 Å². The van der Waals surface area contributed by atoms with E-state index in [4.69, 9.17) is 10.5 Å². The Bertz CT molecular complexity index is 235. The average Bonchev–Trinajstić information content (AvgIpc) is 2.38. The van der Waals surface area contributed by atoms with Crippen molar-refractivity contribution in [2.45, 2.75) is 38.6 Å². The minimum Gasteiger partial charge on any atom is -0.383 e. The van der Waals surface area contributed by atoms with Gasteiger partial charge in [-0.15, -0.1) is 0 Å². The van der Waals surface area contributed by atoms with Gasteiger partial charge in [-0.1, -0.05) is 19.8 Å². The van der Waals surface area contributed by atoms with Gasteiger partial charge < -0.3 is 20.3 Å². The van der Waals surface area contributed by atoms with Crippen molar-refractivity contribution in [3.8, 4) is 0 Å². The van der Waals surface area contributed by atoms with Crippen molar-refractivity contribution >= 4 is 5.91 Å². The first-order valence-electron chi connectivity index (χ1n) is 7.21. The molecule has 0 aromatic heterocycles. The molecule has 0 fully saturated rings. The van der Waals surface area contributed by atoms with Crippen LogP contribution in [0.1, 0.15) is 32.6 Å². The van der Waals surface area contributed by atoms with E-state index in [1.54, 1.807) is 7.11 Å². The van der Waals surface area contributed by atoms with Crippen LogP contribution in [-0.4, -0.2) is 69.2 Å². The molecule has 19 heavy (non-hydrogen) atoms. The van der Waals surface area contributed by atoms with Crippen molar-refractivity contribution in [1.29, 1.82) is 0 Å². The molecule has 5 nitrogen and oxygen atoms in total. The third kappa shape index (κ3) is 8.97. The molecule has 0 bridgehead atoms. The predicted octanol–water partition coefficient (Wildman–Crippen LogP) is 0.931. The Morgan fingerprint density at radius 3 is 2.42 bits per heavy atom. The summed E-state index contributed by atoms with van der Waals surface area (Å²) in [6, 6.07) is -0.365. The molecule has 0 aliphatic rings. The summed E-state index contributed by atoms with van der Waals surface area (Å²) in [5.74, 6) is 0.0595. The number of ether oxygens (including phenoxy) is 1. The van der Waals surface area contributed by atoms with E-state index in [0.717, 1.165) is 38.8 Å². The summed E-state index contributed by atoms with van der Waals surface area (Å²) in [7, 11) is 5.72. The van der Waals surface area contributed by atoms with Gasteiger partial charge in [0.05, 0.1) is 12.6 Å². The highest BCUT2D eigenvalue weighted by atomic mass is 16.5. The first-order chi connectivity index (χ1) is 9.02. The van der Waals surface area contributed by atoms with Crippen molar-refractivity contribution in [1.82, 2.24) is 9.80 Å². The molecule has 1 amide bonds. The lowest BCUT2D eigenvalue weighted by Gasteiger charge is -2.26. The molecule has 1 atom stereocenters. The largest absolute Gasteiger partial charge is 0.383 e. The van der Waals surface area contributed by atoms with Gasteiger partial charge in [0.1, 0.15) is 0 Å². The van der Waals surface area contributed by atoms with E-state index in [1.807, 2.05) is 19.0 Å². The Balaban J connectivity index is 4.24. The summed E-state index contributed by atoms with van der Waals surface area (Å²) in [6.07, 6.45) is 3.80. The number of hydrogen-bond acceptors (Lipinski definition) is 4. The Hall–Kier alpha value is -0.650. The molecular formula is C14H31N3O2. The maximum atomic E-state index is 12.3. The van der Waals surface area contributed by atoms with Crippen molar-refractivity contribution < 1.29 is 9.53 Å². The zero-order valence-corrected chi connectivity index (χ0v) is 13.0. The molecule has 5 heteroatoms. The van der Waals surface area contributed by atoms with Crippen LogP contribution in [0.4, 0.5) is 0 Å². The van der Waals surface area contributed by atoms with Crippen LogP contribution in [0.15, 0.2) is 0 Å². The number of nitrogens with two attached hydrogens (primary N) is 1. The second kappa shape index (κ2) is 11.2. The van der Waals surface area contributed by atoms with Crippen molar-refractivity contribution in [3.63, 3.8) is 0 Å². The van der Waals surface area contributed by atoms with Gasteiger partial charge in [-0.2, -0.15) is 0 Å². The topological polar surface area (TPSA) is 58.8 Å². The number of hydrogen-bond donors (Lipinski definition) is 1. The molecule has 0 saturated heterocycles.